The number of aromatic amines is 1. The summed E-state index contributed by atoms with van der Waals surface area (Å²) in [5, 5.41) is 9.62. The number of H-pyrrole nitrogens is 1. The van der Waals surface area contributed by atoms with Gasteiger partial charge in [0.25, 0.3) is 0 Å². The first-order valence-corrected chi connectivity index (χ1v) is 10.6. The van der Waals surface area contributed by atoms with Gasteiger partial charge >= 0.3 is 0 Å². The van der Waals surface area contributed by atoms with Crippen molar-refractivity contribution in [1.29, 1.82) is 0 Å². The molecule has 1 atom stereocenters. The Labute approximate surface area is 186 Å². The number of imidazole rings is 1. The number of hydrogen-bond donors (Lipinski definition) is 2. The van der Waals surface area contributed by atoms with Crippen molar-refractivity contribution >= 4 is 23.3 Å². The Balaban J connectivity index is 1.38. The maximum atomic E-state index is 13.3. The number of aromatic nitrogens is 2. The van der Waals surface area contributed by atoms with E-state index in [9.17, 15) is 4.79 Å². The molecule has 4 aromatic rings. The number of carbonyl (C=O) groups is 1. The molecule has 6 heteroatoms. The molecule has 0 unspecified atom stereocenters. The molecule has 1 aliphatic rings. The molecule has 0 saturated carbocycles. The molecule has 0 saturated heterocycles. The van der Waals surface area contributed by atoms with Gasteiger partial charge in [-0.2, -0.15) is 5.10 Å². The summed E-state index contributed by atoms with van der Waals surface area (Å²) in [5.74, 6) is -0.141. The Kier molecular flexibility index (Phi) is 5.25. The number of nitrogens with one attached hydrogen (secondary N) is 2. The standard InChI is InChI=1S/C26H23N5O/c1-18-12-14-19(15-13-18)23-16-27-26(28-23)29-25(32)22-17-31(21-10-6-3-7-11-21)30-24(22)20-8-4-2-5-9-20/h2-16,22H,17H2,1H3,(H2,27,28,29,32)/t22-/m1/s1. The fraction of sp³-hybridized carbons (Fsp3) is 0.115. The van der Waals surface area contributed by atoms with E-state index < -0.39 is 5.92 Å². The zero-order valence-corrected chi connectivity index (χ0v) is 17.7. The first kappa shape index (κ1) is 19.8. The quantitative estimate of drug-likeness (QED) is 0.483. The van der Waals surface area contributed by atoms with Crippen molar-refractivity contribution in [2.45, 2.75) is 6.92 Å². The number of nitrogens with zero attached hydrogens (tertiary/aromatic N) is 3. The molecule has 3 aromatic carbocycles. The number of benzene rings is 3. The number of carbonyl (C=O) groups excluding carboxylic acids is 1. The molecule has 0 aliphatic carbocycles. The minimum absolute atomic E-state index is 0.143. The van der Waals surface area contributed by atoms with Crippen LogP contribution in [0.15, 0.2) is 96.2 Å². The van der Waals surface area contributed by atoms with E-state index in [1.807, 2.05) is 89.9 Å². The van der Waals surface area contributed by atoms with Crippen LogP contribution in [0, 0.1) is 12.8 Å². The summed E-state index contributed by atoms with van der Waals surface area (Å²) < 4.78 is 0. The van der Waals surface area contributed by atoms with E-state index >= 15 is 0 Å². The molecular formula is C26H23N5O. The lowest BCUT2D eigenvalue weighted by molar-refractivity contribution is -0.117. The first-order chi connectivity index (χ1) is 15.7. The molecule has 32 heavy (non-hydrogen) atoms. The van der Waals surface area contributed by atoms with Gasteiger partial charge in [-0.05, 0) is 30.2 Å². The van der Waals surface area contributed by atoms with Crippen LogP contribution in [0.25, 0.3) is 11.3 Å². The van der Waals surface area contributed by atoms with Gasteiger partial charge in [0.1, 0.15) is 5.92 Å². The Bertz CT molecular complexity index is 1250. The molecule has 0 spiro atoms. The van der Waals surface area contributed by atoms with Crippen LogP contribution in [-0.4, -0.2) is 28.1 Å². The molecule has 5 rings (SSSR count). The zero-order valence-electron chi connectivity index (χ0n) is 17.7. The lowest BCUT2D eigenvalue weighted by atomic mass is 9.96. The SMILES string of the molecule is Cc1ccc(-c2cnc(NC(=O)[C@@H]3CN(c4ccccc4)N=C3c3ccccc3)[nH]2)cc1. The predicted octanol–water partition coefficient (Wildman–Crippen LogP) is 4.86. The predicted molar refractivity (Wildman–Crippen MR) is 128 cm³/mol. The molecule has 0 radical (unpaired) electrons. The van der Waals surface area contributed by atoms with Crippen molar-refractivity contribution in [2.75, 3.05) is 16.9 Å². The van der Waals surface area contributed by atoms with Crippen LogP contribution in [0.2, 0.25) is 0 Å². The second-order valence-electron chi connectivity index (χ2n) is 7.82. The maximum Gasteiger partial charge on any atom is 0.237 e. The summed E-state index contributed by atoms with van der Waals surface area (Å²) in [6, 6.07) is 27.9. The minimum Gasteiger partial charge on any atom is -0.324 e. The third-order valence-corrected chi connectivity index (χ3v) is 5.53. The second-order valence-corrected chi connectivity index (χ2v) is 7.82. The van der Waals surface area contributed by atoms with E-state index in [-0.39, 0.29) is 5.91 Å². The van der Waals surface area contributed by atoms with Crippen molar-refractivity contribution in [3.8, 4) is 11.3 Å². The van der Waals surface area contributed by atoms with Crippen LogP contribution in [-0.2, 0) is 4.79 Å². The fourth-order valence-corrected chi connectivity index (χ4v) is 3.81. The normalized spacial score (nSPS) is 15.5. The molecule has 1 aliphatic heterocycles. The van der Waals surface area contributed by atoms with E-state index in [2.05, 4.69) is 22.2 Å². The number of aryl methyl sites for hydroxylation is 1. The number of para-hydroxylation sites is 1. The van der Waals surface area contributed by atoms with Crippen LogP contribution in [0.3, 0.4) is 0 Å². The molecule has 0 bridgehead atoms. The van der Waals surface area contributed by atoms with E-state index in [1.165, 1.54) is 5.56 Å². The molecule has 2 N–H and O–H groups in total. The van der Waals surface area contributed by atoms with Crippen molar-refractivity contribution in [3.63, 3.8) is 0 Å². The largest absolute Gasteiger partial charge is 0.324 e. The van der Waals surface area contributed by atoms with E-state index in [0.29, 0.717) is 12.5 Å². The van der Waals surface area contributed by atoms with Gasteiger partial charge in [-0.25, -0.2) is 4.98 Å². The van der Waals surface area contributed by atoms with Gasteiger partial charge in [0.15, 0.2) is 0 Å². The topological polar surface area (TPSA) is 73.4 Å². The van der Waals surface area contributed by atoms with Crippen LogP contribution < -0.4 is 10.3 Å². The van der Waals surface area contributed by atoms with Crippen LogP contribution in [0.4, 0.5) is 11.6 Å². The van der Waals surface area contributed by atoms with E-state index in [0.717, 1.165) is 28.2 Å². The average Bonchev–Trinajstić information content (AvgIpc) is 3.48. The Morgan fingerprint density at radius 3 is 2.34 bits per heavy atom. The third kappa shape index (κ3) is 4.03. The summed E-state index contributed by atoms with van der Waals surface area (Å²) in [4.78, 5) is 20.9. The highest BCUT2D eigenvalue weighted by Gasteiger charge is 2.34. The Morgan fingerprint density at radius 2 is 1.62 bits per heavy atom. The van der Waals surface area contributed by atoms with Gasteiger partial charge < -0.3 is 4.98 Å². The lowest BCUT2D eigenvalue weighted by Gasteiger charge is -2.15. The monoisotopic (exact) mass is 421 g/mol. The van der Waals surface area contributed by atoms with Crippen LogP contribution >= 0.6 is 0 Å². The first-order valence-electron chi connectivity index (χ1n) is 10.6. The highest BCUT2D eigenvalue weighted by molar-refractivity contribution is 6.17. The fourth-order valence-electron chi connectivity index (χ4n) is 3.81. The number of rotatable bonds is 5. The highest BCUT2D eigenvalue weighted by atomic mass is 16.2. The van der Waals surface area contributed by atoms with E-state index in [4.69, 9.17) is 5.10 Å². The molecule has 158 valence electrons. The van der Waals surface area contributed by atoms with Gasteiger partial charge in [-0.15, -0.1) is 0 Å². The lowest BCUT2D eigenvalue weighted by Crippen LogP contribution is -2.32. The highest BCUT2D eigenvalue weighted by Crippen LogP contribution is 2.26. The number of hydrazone groups is 1. The minimum atomic E-state index is -0.425. The van der Waals surface area contributed by atoms with Crippen molar-refractivity contribution in [1.82, 2.24) is 9.97 Å². The summed E-state index contributed by atoms with van der Waals surface area (Å²) in [7, 11) is 0. The number of hydrogen-bond acceptors (Lipinski definition) is 4. The number of anilines is 2. The zero-order chi connectivity index (χ0) is 21.9. The average molecular weight is 422 g/mol. The van der Waals surface area contributed by atoms with E-state index in [1.54, 1.807) is 6.20 Å². The van der Waals surface area contributed by atoms with Gasteiger partial charge in [0.05, 0.1) is 29.8 Å². The number of amides is 1. The summed E-state index contributed by atoms with van der Waals surface area (Å²) in [6.07, 6.45) is 1.73. The maximum absolute atomic E-state index is 13.3. The van der Waals surface area contributed by atoms with Crippen molar-refractivity contribution < 1.29 is 4.79 Å². The van der Waals surface area contributed by atoms with Gasteiger partial charge in [-0.1, -0.05) is 78.4 Å². The molecule has 0 fully saturated rings. The Hall–Kier alpha value is -4.19. The van der Waals surface area contributed by atoms with Gasteiger partial charge in [-0.3, -0.25) is 15.1 Å². The molecule has 1 amide bonds. The van der Waals surface area contributed by atoms with Crippen molar-refractivity contribution in [2.24, 2.45) is 11.0 Å². The second kappa shape index (κ2) is 8.51. The summed E-state index contributed by atoms with van der Waals surface area (Å²) in [6.45, 7) is 2.51. The molecule has 1 aromatic heterocycles. The third-order valence-electron chi connectivity index (χ3n) is 5.53. The van der Waals surface area contributed by atoms with Crippen molar-refractivity contribution in [3.05, 3.63) is 102 Å². The van der Waals surface area contributed by atoms with Crippen LogP contribution in [0.1, 0.15) is 11.1 Å². The van der Waals surface area contributed by atoms with Gasteiger partial charge in [0, 0.05) is 0 Å². The summed E-state index contributed by atoms with van der Waals surface area (Å²) >= 11 is 0. The molecule has 6 nitrogen and oxygen atoms in total. The summed E-state index contributed by atoms with van der Waals surface area (Å²) in [5.41, 5.74) is 5.71. The van der Waals surface area contributed by atoms with Gasteiger partial charge in [0.2, 0.25) is 11.9 Å². The molecule has 2 heterocycles. The smallest absolute Gasteiger partial charge is 0.237 e. The molecular weight excluding hydrogens is 398 g/mol. The van der Waals surface area contributed by atoms with Crippen LogP contribution in [0.5, 0.6) is 0 Å². The Morgan fingerprint density at radius 1 is 0.938 bits per heavy atom.